The van der Waals surface area contributed by atoms with E-state index in [1.807, 2.05) is 0 Å². The maximum absolute atomic E-state index is 13.9. The predicted octanol–water partition coefficient (Wildman–Crippen LogP) is 2.49. The maximum Gasteiger partial charge on any atom is 0.162 e. The molecule has 1 aliphatic carbocycles. The van der Waals surface area contributed by atoms with Crippen LogP contribution in [-0.4, -0.2) is 13.7 Å². The zero-order valence-corrected chi connectivity index (χ0v) is 9.93. The Bertz CT molecular complexity index is 411. The van der Waals surface area contributed by atoms with Gasteiger partial charge in [-0.1, -0.05) is 6.42 Å². The van der Waals surface area contributed by atoms with Crippen molar-refractivity contribution in [1.29, 1.82) is 0 Å². The van der Waals surface area contributed by atoms with Crippen molar-refractivity contribution in [2.75, 3.05) is 13.7 Å². The zero-order valence-electron chi connectivity index (χ0n) is 9.93. The topological polar surface area (TPSA) is 35.2 Å². The summed E-state index contributed by atoms with van der Waals surface area (Å²) < 4.78 is 32.3. The molecule has 0 radical (unpaired) electrons. The Kier molecular flexibility index (Phi) is 3.45. The summed E-state index contributed by atoms with van der Waals surface area (Å²) in [4.78, 5) is 0. The first kappa shape index (κ1) is 12.5. The van der Waals surface area contributed by atoms with Crippen LogP contribution in [0.2, 0.25) is 0 Å². The average molecular weight is 241 g/mol. The lowest BCUT2D eigenvalue weighted by Gasteiger charge is -2.41. The molecule has 1 saturated carbocycles. The van der Waals surface area contributed by atoms with Gasteiger partial charge in [-0.05, 0) is 36.1 Å². The number of nitrogens with two attached hydrogens (primary N) is 1. The lowest BCUT2D eigenvalue weighted by Crippen LogP contribution is -2.42. The third-order valence-electron chi connectivity index (χ3n) is 3.67. The minimum atomic E-state index is -0.811. The number of halogens is 2. The third-order valence-corrected chi connectivity index (χ3v) is 3.67. The monoisotopic (exact) mass is 241 g/mol. The fourth-order valence-electron chi connectivity index (χ4n) is 2.47. The minimum Gasteiger partial charge on any atom is -0.380 e. The van der Waals surface area contributed by atoms with Crippen molar-refractivity contribution in [3.8, 4) is 0 Å². The highest BCUT2D eigenvalue weighted by atomic mass is 19.2. The molecule has 0 aliphatic heterocycles. The van der Waals surface area contributed by atoms with Crippen LogP contribution in [-0.2, 0) is 16.8 Å². The van der Waals surface area contributed by atoms with Gasteiger partial charge in [0.15, 0.2) is 11.6 Å². The fraction of sp³-hybridized carbons (Fsp3) is 0.538. The van der Waals surface area contributed by atoms with Gasteiger partial charge in [0.25, 0.3) is 0 Å². The van der Waals surface area contributed by atoms with Gasteiger partial charge in [0.05, 0.1) is 6.61 Å². The molecule has 2 nitrogen and oxygen atoms in total. The molecule has 0 spiro atoms. The van der Waals surface area contributed by atoms with E-state index in [0.717, 1.165) is 19.3 Å². The summed E-state index contributed by atoms with van der Waals surface area (Å²) >= 11 is 0. The highest BCUT2D eigenvalue weighted by molar-refractivity contribution is 5.34. The molecule has 0 saturated heterocycles. The van der Waals surface area contributed by atoms with Crippen LogP contribution in [0.15, 0.2) is 12.1 Å². The van der Waals surface area contributed by atoms with E-state index in [0.29, 0.717) is 17.7 Å². The third kappa shape index (κ3) is 2.07. The van der Waals surface area contributed by atoms with E-state index in [1.165, 1.54) is 13.2 Å². The minimum absolute atomic E-state index is 0.283. The van der Waals surface area contributed by atoms with Gasteiger partial charge in [0, 0.05) is 19.1 Å². The quantitative estimate of drug-likeness (QED) is 0.879. The van der Waals surface area contributed by atoms with E-state index >= 15 is 0 Å². The predicted molar refractivity (Wildman–Crippen MR) is 61.7 cm³/mol. The highest BCUT2D eigenvalue weighted by Crippen LogP contribution is 2.44. The molecule has 2 rings (SSSR count). The molecule has 0 amide bonds. The molecule has 0 atom stereocenters. The standard InChI is InChI=1S/C13H17F2NO/c1-17-7-9-5-10(12(15)11(14)6-9)13(8-16)3-2-4-13/h5-6H,2-4,7-8,16H2,1H3. The van der Waals surface area contributed by atoms with Crippen molar-refractivity contribution in [2.45, 2.75) is 31.3 Å². The molecule has 1 aliphatic rings. The summed E-state index contributed by atoms with van der Waals surface area (Å²) in [6.07, 6.45) is 2.68. The lowest BCUT2D eigenvalue weighted by molar-refractivity contribution is 0.183. The van der Waals surface area contributed by atoms with Gasteiger partial charge >= 0.3 is 0 Å². The first-order chi connectivity index (χ1) is 8.13. The number of rotatable bonds is 4. The van der Waals surface area contributed by atoms with Crippen molar-refractivity contribution in [2.24, 2.45) is 5.73 Å². The van der Waals surface area contributed by atoms with Crippen LogP contribution in [0.25, 0.3) is 0 Å². The van der Waals surface area contributed by atoms with Gasteiger partial charge in [-0.2, -0.15) is 0 Å². The fourth-order valence-corrected chi connectivity index (χ4v) is 2.47. The van der Waals surface area contributed by atoms with E-state index in [4.69, 9.17) is 10.5 Å². The van der Waals surface area contributed by atoms with E-state index in [2.05, 4.69) is 0 Å². The molecule has 1 aromatic carbocycles. The molecular weight excluding hydrogens is 224 g/mol. The first-order valence-electron chi connectivity index (χ1n) is 5.80. The number of ether oxygens (including phenoxy) is 1. The van der Waals surface area contributed by atoms with Gasteiger partial charge in [0.1, 0.15) is 0 Å². The molecule has 1 aromatic rings. The summed E-state index contributed by atoms with van der Waals surface area (Å²) in [5.74, 6) is -1.57. The second kappa shape index (κ2) is 4.70. The van der Waals surface area contributed by atoms with Gasteiger partial charge in [-0.3, -0.25) is 0 Å². The Hall–Kier alpha value is -1.00. The Morgan fingerprint density at radius 1 is 1.35 bits per heavy atom. The largest absolute Gasteiger partial charge is 0.380 e. The molecule has 4 heteroatoms. The maximum atomic E-state index is 13.9. The highest BCUT2D eigenvalue weighted by Gasteiger charge is 2.40. The van der Waals surface area contributed by atoms with E-state index in [9.17, 15) is 8.78 Å². The smallest absolute Gasteiger partial charge is 0.162 e. The van der Waals surface area contributed by atoms with Crippen molar-refractivity contribution in [3.05, 3.63) is 34.9 Å². The second-order valence-corrected chi connectivity index (χ2v) is 4.71. The Labute approximate surface area is 99.8 Å². The summed E-state index contributed by atoms with van der Waals surface area (Å²) in [7, 11) is 1.53. The summed E-state index contributed by atoms with van der Waals surface area (Å²) in [6.45, 7) is 0.643. The normalized spacial score (nSPS) is 17.9. The molecule has 0 heterocycles. The number of methoxy groups -OCH3 is 1. The molecule has 2 N–H and O–H groups in total. The van der Waals surface area contributed by atoms with E-state index < -0.39 is 11.6 Å². The van der Waals surface area contributed by atoms with Crippen LogP contribution < -0.4 is 5.73 Å². The second-order valence-electron chi connectivity index (χ2n) is 4.71. The summed E-state index contributed by atoms with van der Waals surface area (Å²) in [5, 5.41) is 0. The summed E-state index contributed by atoms with van der Waals surface area (Å²) in [5.41, 5.74) is 6.43. The Balaban J connectivity index is 2.44. The molecule has 0 unspecified atom stereocenters. The van der Waals surface area contributed by atoms with Crippen LogP contribution in [0, 0.1) is 11.6 Å². The Morgan fingerprint density at radius 2 is 2.06 bits per heavy atom. The molecule has 17 heavy (non-hydrogen) atoms. The molecule has 0 aromatic heterocycles. The van der Waals surface area contributed by atoms with Crippen LogP contribution in [0.3, 0.4) is 0 Å². The first-order valence-corrected chi connectivity index (χ1v) is 5.80. The van der Waals surface area contributed by atoms with Crippen LogP contribution >= 0.6 is 0 Å². The van der Waals surface area contributed by atoms with Crippen LogP contribution in [0.5, 0.6) is 0 Å². The molecule has 94 valence electrons. The van der Waals surface area contributed by atoms with Crippen LogP contribution in [0.1, 0.15) is 30.4 Å². The van der Waals surface area contributed by atoms with Gasteiger partial charge in [-0.15, -0.1) is 0 Å². The van der Waals surface area contributed by atoms with Crippen molar-refractivity contribution >= 4 is 0 Å². The molecule has 0 bridgehead atoms. The number of hydrogen-bond acceptors (Lipinski definition) is 2. The van der Waals surface area contributed by atoms with Gasteiger partial charge < -0.3 is 10.5 Å². The zero-order chi connectivity index (χ0) is 12.5. The van der Waals surface area contributed by atoms with Gasteiger partial charge in [-0.25, -0.2) is 8.78 Å². The number of benzene rings is 1. The van der Waals surface area contributed by atoms with E-state index in [1.54, 1.807) is 6.07 Å². The SMILES string of the molecule is COCc1cc(F)c(F)c(C2(CN)CCC2)c1. The van der Waals surface area contributed by atoms with Crippen molar-refractivity contribution in [1.82, 2.24) is 0 Å². The molecule has 1 fully saturated rings. The van der Waals surface area contributed by atoms with Crippen molar-refractivity contribution < 1.29 is 13.5 Å². The lowest BCUT2D eigenvalue weighted by atomic mass is 9.64. The number of hydrogen-bond donors (Lipinski definition) is 1. The van der Waals surface area contributed by atoms with E-state index in [-0.39, 0.29) is 12.0 Å². The van der Waals surface area contributed by atoms with Crippen LogP contribution in [0.4, 0.5) is 8.78 Å². The summed E-state index contributed by atoms with van der Waals surface area (Å²) in [6, 6.07) is 2.87. The Morgan fingerprint density at radius 3 is 2.53 bits per heavy atom. The molecular formula is C13H17F2NO. The van der Waals surface area contributed by atoms with Gasteiger partial charge in [0.2, 0.25) is 0 Å². The van der Waals surface area contributed by atoms with Crippen molar-refractivity contribution in [3.63, 3.8) is 0 Å². The average Bonchev–Trinajstić information content (AvgIpc) is 2.24.